The lowest BCUT2D eigenvalue weighted by molar-refractivity contribution is 0.689. The van der Waals surface area contributed by atoms with Crippen molar-refractivity contribution >= 4 is 51.3 Å². The van der Waals surface area contributed by atoms with Crippen LogP contribution in [0.25, 0.3) is 21.7 Å². The van der Waals surface area contributed by atoms with Gasteiger partial charge in [0, 0.05) is 21.9 Å². The number of fused-ring (bicyclic) bond motifs is 2. The molecule has 8 heteroatoms. The Bertz CT molecular complexity index is 1130. The third-order valence-corrected chi connectivity index (χ3v) is 6.59. The summed E-state index contributed by atoms with van der Waals surface area (Å²) in [6, 6.07) is 10.1. The summed E-state index contributed by atoms with van der Waals surface area (Å²) in [6.07, 6.45) is 1.75. The standard InChI is InChI=1S/C19H18N6S2/c1-19(2)10-25(13-8-11(20)5-6-14(13)27-19)18-16-12(9-21-24-16)22-17(23-18)15-4-3-7-26-15/h3-9H,10,20H2,1-2H3,(H,21,24). The van der Waals surface area contributed by atoms with Crippen LogP contribution >= 0.6 is 23.1 Å². The van der Waals surface area contributed by atoms with E-state index in [9.17, 15) is 0 Å². The van der Waals surface area contributed by atoms with Crippen LogP contribution in [-0.4, -0.2) is 31.5 Å². The molecule has 0 amide bonds. The van der Waals surface area contributed by atoms with Gasteiger partial charge in [0.1, 0.15) is 11.0 Å². The molecule has 3 N–H and O–H groups in total. The van der Waals surface area contributed by atoms with Crippen molar-refractivity contribution in [3.63, 3.8) is 0 Å². The molecule has 0 bridgehead atoms. The van der Waals surface area contributed by atoms with Crippen LogP contribution in [0.2, 0.25) is 0 Å². The van der Waals surface area contributed by atoms with E-state index in [0.717, 1.165) is 45.5 Å². The maximum atomic E-state index is 6.10. The first-order valence-corrected chi connectivity index (χ1v) is 10.3. The average Bonchev–Trinajstić information content (AvgIpc) is 3.31. The van der Waals surface area contributed by atoms with Gasteiger partial charge in [0.25, 0.3) is 0 Å². The zero-order valence-corrected chi connectivity index (χ0v) is 16.6. The second-order valence-electron chi connectivity index (χ2n) is 7.15. The largest absolute Gasteiger partial charge is 0.399 e. The molecule has 0 fully saturated rings. The summed E-state index contributed by atoms with van der Waals surface area (Å²) in [6.45, 7) is 5.30. The molecule has 0 aliphatic carbocycles. The number of hydrogen-bond acceptors (Lipinski definition) is 7. The van der Waals surface area contributed by atoms with Gasteiger partial charge >= 0.3 is 0 Å². The van der Waals surface area contributed by atoms with Crippen LogP contribution in [0.15, 0.2) is 46.8 Å². The van der Waals surface area contributed by atoms with Crippen molar-refractivity contribution in [1.82, 2.24) is 20.2 Å². The molecule has 4 heterocycles. The molecule has 1 aliphatic heterocycles. The van der Waals surface area contributed by atoms with Gasteiger partial charge in [0.2, 0.25) is 0 Å². The Hall–Kier alpha value is -2.58. The zero-order chi connectivity index (χ0) is 18.6. The molecular formula is C19H18N6S2. The summed E-state index contributed by atoms with van der Waals surface area (Å²) < 4.78 is 0.0313. The molecule has 0 unspecified atom stereocenters. The van der Waals surface area contributed by atoms with E-state index in [-0.39, 0.29) is 4.75 Å². The van der Waals surface area contributed by atoms with Crippen molar-refractivity contribution in [2.45, 2.75) is 23.5 Å². The molecule has 0 spiro atoms. The Morgan fingerprint density at radius 2 is 2.11 bits per heavy atom. The Morgan fingerprint density at radius 1 is 1.22 bits per heavy atom. The minimum atomic E-state index is 0.0313. The van der Waals surface area contributed by atoms with Gasteiger partial charge in [-0.05, 0) is 43.5 Å². The fraction of sp³-hybridized carbons (Fsp3) is 0.211. The number of thiophene rings is 1. The van der Waals surface area contributed by atoms with Crippen LogP contribution < -0.4 is 10.6 Å². The van der Waals surface area contributed by atoms with Crippen LogP contribution in [-0.2, 0) is 0 Å². The molecule has 27 heavy (non-hydrogen) atoms. The van der Waals surface area contributed by atoms with Crippen LogP contribution in [0.1, 0.15) is 13.8 Å². The lowest BCUT2D eigenvalue weighted by Gasteiger charge is -2.39. The van der Waals surface area contributed by atoms with Crippen LogP contribution in [0.3, 0.4) is 0 Å². The number of aromatic nitrogens is 4. The van der Waals surface area contributed by atoms with Gasteiger partial charge in [-0.15, -0.1) is 23.1 Å². The Morgan fingerprint density at radius 3 is 2.93 bits per heavy atom. The molecular weight excluding hydrogens is 376 g/mol. The van der Waals surface area contributed by atoms with Gasteiger partial charge in [0.05, 0.1) is 16.8 Å². The van der Waals surface area contributed by atoms with Crippen molar-refractivity contribution in [3.05, 3.63) is 41.9 Å². The second kappa shape index (κ2) is 5.97. The number of aromatic amines is 1. The van der Waals surface area contributed by atoms with Crippen molar-refractivity contribution in [3.8, 4) is 10.7 Å². The third kappa shape index (κ3) is 2.85. The van der Waals surface area contributed by atoms with Gasteiger partial charge in [0.15, 0.2) is 11.6 Å². The summed E-state index contributed by atoms with van der Waals surface area (Å²) in [5.74, 6) is 1.55. The highest BCUT2D eigenvalue weighted by Gasteiger charge is 2.34. The Balaban J connectivity index is 1.76. The smallest absolute Gasteiger partial charge is 0.172 e. The predicted octanol–water partition coefficient (Wildman–Crippen LogP) is 4.69. The monoisotopic (exact) mass is 394 g/mol. The third-order valence-electron chi connectivity index (χ3n) is 4.48. The first-order valence-electron chi connectivity index (χ1n) is 8.61. The van der Waals surface area contributed by atoms with E-state index in [1.807, 2.05) is 41.4 Å². The summed E-state index contributed by atoms with van der Waals surface area (Å²) in [7, 11) is 0. The highest BCUT2D eigenvalue weighted by molar-refractivity contribution is 8.00. The predicted molar refractivity (Wildman–Crippen MR) is 113 cm³/mol. The van der Waals surface area contributed by atoms with E-state index in [0.29, 0.717) is 0 Å². The second-order valence-corrected chi connectivity index (χ2v) is 9.85. The SMILES string of the molecule is CC1(C)CN(c2nc(-c3cccs3)nc3cn[nH]c23)c2cc(N)ccc2S1. The molecule has 3 aromatic heterocycles. The number of anilines is 3. The van der Waals surface area contributed by atoms with Gasteiger partial charge in [-0.3, -0.25) is 5.10 Å². The highest BCUT2D eigenvalue weighted by Crippen LogP contribution is 2.48. The summed E-state index contributed by atoms with van der Waals surface area (Å²) in [5.41, 5.74) is 9.57. The van der Waals surface area contributed by atoms with Gasteiger partial charge in [-0.1, -0.05) is 6.07 Å². The van der Waals surface area contributed by atoms with Crippen LogP contribution in [0.5, 0.6) is 0 Å². The highest BCUT2D eigenvalue weighted by atomic mass is 32.2. The van der Waals surface area contributed by atoms with Crippen molar-refractivity contribution in [1.29, 1.82) is 0 Å². The maximum Gasteiger partial charge on any atom is 0.172 e. The van der Waals surface area contributed by atoms with Crippen LogP contribution in [0.4, 0.5) is 17.2 Å². The number of H-pyrrole nitrogens is 1. The van der Waals surface area contributed by atoms with E-state index in [1.54, 1.807) is 17.5 Å². The first-order chi connectivity index (χ1) is 13.0. The van der Waals surface area contributed by atoms with Crippen molar-refractivity contribution < 1.29 is 0 Å². The number of nitrogens with two attached hydrogens (primary N) is 1. The number of nitrogen functional groups attached to an aromatic ring is 1. The molecule has 5 rings (SSSR count). The van der Waals surface area contributed by atoms with E-state index >= 15 is 0 Å². The lowest BCUT2D eigenvalue weighted by atomic mass is 10.1. The van der Waals surface area contributed by atoms with Crippen LogP contribution in [0, 0.1) is 0 Å². The molecule has 0 saturated heterocycles. The normalized spacial score (nSPS) is 15.9. The molecule has 0 atom stereocenters. The van der Waals surface area contributed by atoms with E-state index < -0.39 is 0 Å². The average molecular weight is 395 g/mol. The van der Waals surface area contributed by atoms with E-state index in [1.165, 1.54) is 4.90 Å². The molecule has 0 radical (unpaired) electrons. The minimum absolute atomic E-state index is 0.0313. The summed E-state index contributed by atoms with van der Waals surface area (Å²) >= 11 is 3.50. The Labute approximate surface area is 164 Å². The summed E-state index contributed by atoms with van der Waals surface area (Å²) in [5, 5.41) is 9.32. The van der Waals surface area contributed by atoms with E-state index in [4.69, 9.17) is 15.7 Å². The topological polar surface area (TPSA) is 83.7 Å². The van der Waals surface area contributed by atoms with Gasteiger partial charge in [-0.25, -0.2) is 9.97 Å². The maximum absolute atomic E-state index is 6.10. The lowest BCUT2D eigenvalue weighted by Crippen LogP contribution is -2.38. The van der Waals surface area contributed by atoms with E-state index in [2.05, 4.69) is 35.0 Å². The van der Waals surface area contributed by atoms with Crippen molar-refractivity contribution in [2.75, 3.05) is 17.2 Å². The number of thioether (sulfide) groups is 1. The fourth-order valence-electron chi connectivity index (χ4n) is 3.35. The summed E-state index contributed by atoms with van der Waals surface area (Å²) in [4.78, 5) is 14.1. The molecule has 6 nitrogen and oxygen atoms in total. The molecule has 0 saturated carbocycles. The molecule has 4 aromatic rings. The number of nitrogens with zero attached hydrogens (tertiary/aromatic N) is 4. The first kappa shape index (κ1) is 16.6. The fourth-order valence-corrected chi connectivity index (χ4v) is 5.21. The molecule has 1 aromatic carbocycles. The molecule has 1 aliphatic rings. The number of rotatable bonds is 2. The number of benzene rings is 1. The molecule has 136 valence electrons. The number of nitrogens with one attached hydrogen (secondary N) is 1. The quantitative estimate of drug-likeness (QED) is 0.480. The minimum Gasteiger partial charge on any atom is -0.399 e. The van der Waals surface area contributed by atoms with Crippen molar-refractivity contribution in [2.24, 2.45) is 0 Å². The van der Waals surface area contributed by atoms with Gasteiger partial charge < -0.3 is 10.6 Å². The van der Waals surface area contributed by atoms with Gasteiger partial charge in [-0.2, -0.15) is 5.10 Å². The Kier molecular flexibility index (Phi) is 3.66. The number of hydrogen-bond donors (Lipinski definition) is 2. The zero-order valence-electron chi connectivity index (χ0n) is 14.9.